The molecule has 0 bridgehead atoms. The molecule has 0 saturated carbocycles. The number of nitrogens with one attached hydrogen (secondary N) is 1. The fourth-order valence-corrected chi connectivity index (χ4v) is 3.55. The first-order chi connectivity index (χ1) is 14.0. The topological polar surface area (TPSA) is 78.7 Å². The van der Waals surface area contributed by atoms with Gasteiger partial charge in [0.1, 0.15) is 5.54 Å². The average Bonchev–Trinajstić information content (AvgIpc) is 2.77. The van der Waals surface area contributed by atoms with E-state index in [0.717, 1.165) is 31.7 Å². The molecule has 1 aliphatic heterocycles. The number of hydrogen-bond acceptors (Lipinski definition) is 4. The molecule has 1 atom stereocenters. The van der Waals surface area contributed by atoms with Gasteiger partial charge in [0.15, 0.2) is 0 Å². The van der Waals surface area contributed by atoms with Gasteiger partial charge in [0.25, 0.3) is 0 Å². The lowest BCUT2D eigenvalue weighted by molar-refractivity contribution is -0.132. The van der Waals surface area contributed by atoms with Crippen LogP contribution in [0.1, 0.15) is 25.3 Å². The second kappa shape index (κ2) is 12.5. The van der Waals surface area contributed by atoms with Crippen LogP contribution >= 0.6 is 24.8 Å². The van der Waals surface area contributed by atoms with Crippen molar-refractivity contribution in [3.63, 3.8) is 0 Å². The van der Waals surface area contributed by atoms with Crippen molar-refractivity contribution < 1.29 is 9.59 Å². The van der Waals surface area contributed by atoms with Gasteiger partial charge in [0.2, 0.25) is 11.8 Å². The predicted molar refractivity (Wildman–Crippen MR) is 130 cm³/mol. The first-order valence-corrected chi connectivity index (χ1v) is 10.2. The van der Waals surface area contributed by atoms with Crippen molar-refractivity contribution in [1.82, 2.24) is 10.2 Å². The molecular formula is C23H32Cl2N4O2. The van der Waals surface area contributed by atoms with Crippen LogP contribution in [0.15, 0.2) is 60.7 Å². The van der Waals surface area contributed by atoms with Gasteiger partial charge in [-0.1, -0.05) is 48.5 Å². The smallest absolute Gasteiger partial charge is 0.244 e. The highest BCUT2D eigenvalue weighted by Gasteiger charge is 2.30. The summed E-state index contributed by atoms with van der Waals surface area (Å²) in [7, 11) is 0. The summed E-state index contributed by atoms with van der Waals surface area (Å²) in [6.07, 6.45) is 1.03. The molecule has 1 heterocycles. The van der Waals surface area contributed by atoms with Crippen molar-refractivity contribution in [1.29, 1.82) is 0 Å². The third-order valence-corrected chi connectivity index (χ3v) is 5.45. The van der Waals surface area contributed by atoms with Gasteiger partial charge >= 0.3 is 0 Å². The summed E-state index contributed by atoms with van der Waals surface area (Å²) in [5, 5.41) is 2.87. The normalized spacial score (nSPS) is 15.2. The van der Waals surface area contributed by atoms with Crippen molar-refractivity contribution in [3.05, 3.63) is 66.2 Å². The van der Waals surface area contributed by atoms with Crippen LogP contribution in [-0.2, 0) is 15.1 Å². The quantitative estimate of drug-likeness (QED) is 0.614. The van der Waals surface area contributed by atoms with Crippen LogP contribution < -0.4 is 16.0 Å². The zero-order valence-corrected chi connectivity index (χ0v) is 19.5. The lowest BCUT2D eigenvalue weighted by Gasteiger charge is -2.36. The number of para-hydroxylation sites is 1. The molecule has 6 nitrogen and oxygen atoms in total. The molecule has 2 amide bonds. The lowest BCUT2D eigenvalue weighted by Crippen LogP contribution is -2.50. The number of amides is 2. The van der Waals surface area contributed by atoms with Crippen molar-refractivity contribution in [2.75, 3.05) is 37.6 Å². The van der Waals surface area contributed by atoms with Crippen molar-refractivity contribution in [2.45, 2.75) is 25.3 Å². The zero-order chi connectivity index (χ0) is 20.7. The second-order valence-electron chi connectivity index (χ2n) is 7.63. The summed E-state index contributed by atoms with van der Waals surface area (Å²) >= 11 is 0. The molecule has 1 unspecified atom stereocenters. The molecule has 2 aromatic rings. The Bertz CT molecular complexity index is 811. The number of carbonyl (C=O) groups excluding carboxylic acids is 2. The Morgan fingerprint density at radius 2 is 1.48 bits per heavy atom. The highest BCUT2D eigenvalue weighted by Crippen LogP contribution is 2.18. The van der Waals surface area contributed by atoms with Gasteiger partial charge < -0.3 is 20.9 Å². The number of hydrogen-bond donors (Lipinski definition) is 2. The third kappa shape index (κ3) is 7.13. The minimum absolute atomic E-state index is 0. The average molecular weight is 467 g/mol. The summed E-state index contributed by atoms with van der Waals surface area (Å²) in [5.74, 6) is -0.0850. The van der Waals surface area contributed by atoms with E-state index in [1.54, 1.807) is 6.92 Å². The van der Waals surface area contributed by atoms with Crippen LogP contribution in [0.2, 0.25) is 0 Å². The van der Waals surface area contributed by atoms with Gasteiger partial charge in [0, 0.05) is 44.8 Å². The molecule has 1 aliphatic rings. The van der Waals surface area contributed by atoms with E-state index in [1.807, 2.05) is 53.4 Å². The first-order valence-electron chi connectivity index (χ1n) is 10.2. The monoisotopic (exact) mass is 466 g/mol. The summed E-state index contributed by atoms with van der Waals surface area (Å²) in [4.78, 5) is 29.1. The van der Waals surface area contributed by atoms with E-state index in [2.05, 4.69) is 22.3 Å². The van der Waals surface area contributed by atoms with Crippen LogP contribution in [0.4, 0.5) is 5.69 Å². The standard InChI is InChI=1S/C23H30N4O2.2ClH/c1-23(24,19-9-4-2-5-10-19)22(29)25-14-8-13-21(28)27-17-15-26(16-18-27)20-11-6-3-7-12-20;;/h2-7,9-12H,8,13-18,24H2,1H3,(H,25,29);2*1H. The van der Waals surface area contributed by atoms with Gasteiger partial charge in [-0.2, -0.15) is 0 Å². The fourth-order valence-electron chi connectivity index (χ4n) is 3.55. The molecule has 8 heteroatoms. The Labute approximate surface area is 197 Å². The molecule has 0 spiro atoms. The van der Waals surface area contributed by atoms with Crippen molar-refractivity contribution in [3.8, 4) is 0 Å². The number of piperazine rings is 1. The number of carbonyl (C=O) groups is 2. The molecule has 1 fully saturated rings. The maximum Gasteiger partial charge on any atom is 0.244 e. The minimum atomic E-state index is -1.08. The third-order valence-electron chi connectivity index (χ3n) is 5.45. The molecule has 3 rings (SSSR count). The van der Waals surface area contributed by atoms with E-state index < -0.39 is 5.54 Å². The Balaban J connectivity index is 0.00000240. The summed E-state index contributed by atoms with van der Waals surface area (Å²) < 4.78 is 0. The highest BCUT2D eigenvalue weighted by molar-refractivity contribution is 5.87. The summed E-state index contributed by atoms with van der Waals surface area (Å²) in [5.41, 5.74) is 7.09. The number of nitrogens with two attached hydrogens (primary N) is 1. The molecule has 1 saturated heterocycles. The Hall–Kier alpha value is -2.28. The van der Waals surface area contributed by atoms with Crippen LogP contribution in [0.3, 0.4) is 0 Å². The highest BCUT2D eigenvalue weighted by atomic mass is 35.5. The first kappa shape index (κ1) is 26.8. The number of halogens is 2. The largest absolute Gasteiger partial charge is 0.368 e. The van der Waals surface area contributed by atoms with E-state index in [4.69, 9.17) is 5.73 Å². The molecule has 0 aromatic heterocycles. The molecule has 0 aliphatic carbocycles. The van der Waals surface area contributed by atoms with Crippen molar-refractivity contribution >= 4 is 42.3 Å². The summed E-state index contributed by atoms with van der Waals surface area (Å²) in [6, 6.07) is 19.6. The lowest BCUT2D eigenvalue weighted by atomic mass is 9.92. The number of rotatable bonds is 7. The van der Waals surface area contributed by atoms with Crippen LogP contribution in [0.5, 0.6) is 0 Å². The predicted octanol–water partition coefficient (Wildman–Crippen LogP) is 2.95. The molecule has 2 aromatic carbocycles. The summed E-state index contributed by atoms with van der Waals surface area (Å²) in [6.45, 7) is 5.29. The zero-order valence-electron chi connectivity index (χ0n) is 17.8. The van der Waals surface area contributed by atoms with E-state index in [0.29, 0.717) is 19.4 Å². The van der Waals surface area contributed by atoms with Gasteiger partial charge in [-0.15, -0.1) is 24.8 Å². The van der Waals surface area contributed by atoms with Crippen LogP contribution in [-0.4, -0.2) is 49.4 Å². The van der Waals surface area contributed by atoms with Gasteiger partial charge in [0.05, 0.1) is 0 Å². The molecule has 170 valence electrons. The van der Waals surface area contributed by atoms with Crippen LogP contribution in [0, 0.1) is 0 Å². The molecular weight excluding hydrogens is 435 g/mol. The number of benzene rings is 2. The van der Waals surface area contributed by atoms with E-state index >= 15 is 0 Å². The maximum absolute atomic E-state index is 12.5. The van der Waals surface area contributed by atoms with Gasteiger partial charge in [-0.05, 0) is 31.0 Å². The molecule has 31 heavy (non-hydrogen) atoms. The maximum atomic E-state index is 12.5. The van der Waals surface area contributed by atoms with Gasteiger partial charge in [-0.25, -0.2) is 0 Å². The van der Waals surface area contributed by atoms with E-state index in [-0.39, 0.29) is 36.6 Å². The number of nitrogens with zero attached hydrogens (tertiary/aromatic N) is 2. The second-order valence-corrected chi connectivity index (χ2v) is 7.63. The Morgan fingerprint density at radius 3 is 2.06 bits per heavy atom. The van der Waals surface area contributed by atoms with E-state index in [1.165, 1.54) is 5.69 Å². The number of anilines is 1. The Morgan fingerprint density at radius 1 is 0.935 bits per heavy atom. The van der Waals surface area contributed by atoms with E-state index in [9.17, 15) is 9.59 Å². The molecule has 3 N–H and O–H groups in total. The SMILES string of the molecule is CC(N)(C(=O)NCCCC(=O)N1CCN(c2ccccc2)CC1)c1ccccc1.Cl.Cl. The molecule has 0 radical (unpaired) electrons. The van der Waals surface area contributed by atoms with Crippen LogP contribution in [0.25, 0.3) is 0 Å². The van der Waals surface area contributed by atoms with Crippen molar-refractivity contribution in [2.24, 2.45) is 5.73 Å². The fraction of sp³-hybridized carbons (Fsp3) is 0.391. The minimum Gasteiger partial charge on any atom is -0.368 e. The Kier molecular flexibility index (Phi) is 10.8. The van der Waals surface area contributed by atoms with Gasteiger partial charge in [-0.3, -0.25) is 9.59 Å².